The van der Waals surface area contributed by atoms with Crippen molar-refractivity contribution in [2.24, 2.45) is 5.73 Å². The lowest BCUT2D eigenvalue weighted by molar-refractivity contribution is 0.0998. The topological polar surface area (TPSA) is 84.2 Å². The average Bonchev–Trinajstić information content (AvgIpc) is 2.67. The van der Waals surface area contributed by atoms with E-state index in [1.165, 1.54) is 0 Å². The van der Waals surface area contributed by atoms with Crippen molar-refractivity contribution in [3.63, 3.8) is 0 Å². The van der Waals surface area contributed by atoms with Crippen LogP contribution in [0.1, 0.15) is 26.3 Å². The molecule has 0 spiro atoms. The van der Waals surface area contributed by atoms with Gasteiger partial charge in [0.15, 0.2) is 0 Å². The molecule has 0 saturated carbocycles. The molecule has 0 aromatic heterocycles. The highest BCUT2D eigenvalue weighted by Gasteiger charge is 2.10. The molecule has 0 aliphatic carbocycles. The fraction of sp³-hybridized carbons (Fsp3) is 0.0476. The molecule has 0 aliphatic rings. The standard InChI is InChI=1S/C21H18BrN3O2/c22-18-10-3-1-8-16(18)21(27)25-15-7-5-6-14(12-15)13-24-19-11-4-2-9-17(19)20(23)26/h1-12,24H,13H2,(H2,23,26)(H,25,27). The highest BCUT2D eigenvalue weighted by molar-refractivity contribution is 9.10. The van der Waals surface area contributed by atoms with Gasteiger partial charge in [-0.15, -0.1) is 0 Å². The molecule has 2 amide bonds. The van der Waals surface area contributed by atoms with E-state index in [0.717, 1.165) is 10.0 Å². The van der Waals surface area contributed by atoms with Crippen molar-refractivity contribution in [1.82, 2.24) is 0 Å². The van der Waals surface area contributed by atoms with Crippen LogP contribution in [0.4, 0.5) is 11.4 Å². The summed E-state index contributed by atoms with van der Waals surface area (Å²) in [4.78, 5) is 23.9. The molecule has 0 bridgehead atoms. The SMILES string of the molecule is NC(=O)c1ccccc1NCc1cccc(NC(=O)c2ccccc2Br)c1. The summed E-state index contributed by atoms with van der Waals surface area (Å²) in [6.07, 6.45) is 0. The van der Waals surface area contributed by atoms with Gasteiger partial charge in [-0.3, -0.25) is 9.59 Å². The van der Waals surface area contributed by atoms with Crippen molar-refractivity contribution in [3.8, 4) is 0 Å². The molecule has 3 rings (SSSR count). The Morgan fingerprint density at radius 1 is 0.889 bits per heavy atom. The summed E-state index contributed by atoms with van der Waals surface area (Å²) in [5.41, 5.74) is 8.73. The molecule has 0 fully saturated rings. The van der Waals surface area contributed by atoms with E-state index in [4.69, 9.17) is 5.73 Å². The van der Waals surface area contributed by atoms with Crippen molar-refractivity contribution >= 4 is 39.1 Å². The van der Waals surface area contributed by atoms with Gasteiger partial charge in [0.05, 0.1) is 11.1 Å². The van der Waals surface area contributed by atoms with Gasteiger partial charge in [-0.1, -0.05) is 36.4 Å². The van der Waals surface area contributed by atoms with E-state index in [1.807, 2.05) is 48.5 Å². The second-order valence-corrected chi connectivity index (χ2v) is 6.75. The number of nitrogens with one attached hydrogen (secondary N) is 2. The van der Waals surface area contributed by atoms with Crippen LogP contribution in [0.2, 0.25) is 0 Å². The number of nitrogens with two attached hydrogens (primary N) is 1. The van der Waals surface area contributed by atoms with Crippen molar-refractivity contribution in [2.45, 2.75) is 6.54 Å². The normalized spacial score (nSPS) is 10.3. The maximum Gasteiger partial charge on any atom is 0.256 e. The van der Waals surface area contributed by atoms with Gasteiger partial charge in [0.25, 0.3) is 11.8 Å². The molecule has 0 atom stereocenters. The number of carbonyl (C=O) groups is 2. The number of hydrogen-bond acceptors (Lipinski definition) is 3. The Bertz CT molecular complexity index is 988. The maximum absolute atomic E-state index is 12.4. The van der Waals surface area contributed by atoms with E-state index in [1.54, 1.807) is 24.3 Å². The zero-order valence-corrected chi connectivity index (χ0v) is 16.0. The molecule has 0 heterocycles. The first-order valence-corrected chi connectivity index (χ1v) is 9.11. The van der Waals surface area contributed by atoms with Gasteiger partial charge in [-0.25, -0.2) is 0 Å². The fourth-order valence-electron chi connectivity index (χ4n) is 2.65. The van der Waals surface area contributed by atoms with E-state index in [2.05, 4.69) is 26.6 Å². The van der Waals surface area contributed by atoms with Crippen LogP contribution in [-0.2, 0) is 6.54 Å². The molecule has 0 aliphatic heterocycles. The van der Waals surface area contributed by atoms with Crippen molar-refractivity contribution in [2.75, 3.05) is 10.6 Å². The summed E-state index contributed by atoms with van der Waals surface area (Å²) in [6.45, 7) is 0.489. The lowest BCUT2D eigenvalue weighted by Gasteiger charge is -2.12. The summed E-state index contributed by atoms with van der Waals surface area (Å²) in [5.74, 6) is -0.667. The Labute approximate surface area is 165 Å². The molecule has 3 aromatic carbocycles. The monoisotopic (exact) mass is 423 g/mol. The van der Waals surface area contributed by atoms with Crippen LogP contribution in [0.15, 0.2) is 77.3 Å². The van der Waals surface area contributed by atoms with Crippen LogP contribution in [0.3, 0.4) is 0 Å². The second-order valence-electron chi connectivity index (χ2n) is 5.90. The summed E-state index contributed by atoms with van der Waals surface area (Å²) < 4.78 is 0.739. The predicted molar refractivity (Wildman–Crippen MR) is 111 cm³/mol. The van der Waals surface area contributed by atoms with Gasteiger partial charge in [-0.2, -0.15) is 0 Å². The number of carbonyl (C=O) groups excluding carboxylic acids is 2. The second kappa shape index (κ2) is 8.51. The Morgan fingerprint density at radius 3 is 2.33 bits per heavy atom. The van der Waals surface area contributed by atoms with Crippen LogP contribution in [0.5, 0.6) is 0 Å². The van der Waals surface area contributed by atoms with Crippen molar-refractivity contribution in [3.05, 3.63) is 94.0 Å². The summed E-state index contributed by atoms with van der Waals surface area (Å²) in [5, 5.41) is 6.11. The van der Waals surface area contributed by atoms with Crippen LogP contribution >= 0.6 is 15.9 Å². The molecule has 0 radical (unpaired) electrons. The van der Waals surface area contributed by atoms with Gasteiger partial charge in [0, 0.05) is 22.4 Å². The minimum absolute atomic E-state index is 0.188. The van der Waals surface area contributed by atoms with Crippen LogP contribution in [-0.4, -0.2) is 11.8 Å². The average molecular weight is 424 g/mol. The molecular weight excluding hydrogens is 406 g/mol. The zero-order valence-electron chi connectivity index (χ0n) is 14.4. The van der Waals surface area contributed by atoms with Crippen LogP contribution in [0.25, 0.3) is 0 Å². The van der Waals surface area contributed by atoms with Gasteiger partial charge >= 0.3 is 0 Å². The number of benzene rings is 3. The first kappa shape index (κ1) is 18.7. The summed E-state index contributed by atoms with van der Waals surface area (Å²) >= 11 is 3.39. The Morgan fingerprint density at radius 2 is 1.59 bits per heavy atom. The highest BCUT2D eigenvalue weighted by atomic mass is 79.9. The summed E-state index contributed by atoms with van der Waals surface area (Å²) in [7, 11) is 0. The number of anilines is 2. The Hall–Kier alpha value is -3.12. The van der Waals surface area contributed by atoms with E-state index in [-0.39, 0.29) is 5.91 Å². The quantitative estimate of drug-likeness (QED) is 0.548. The zero-order chi connectivity index (χ0) is 19.2. The van der Waals surface area contributed by atoms with Gasteiger partial charge in [0.2, 0.25) is 0 Å². The molecule has 0 unspecified atom stereocenters. The number of primary amides is 1. The number of rotatable bonds is 6. The molecule has 4 N–H and O–H groups in total. The maximum atomic E-state index is 12.4. The van der Waals surface area contributed by atoms with E-state index >= 15 is 0 Å². The van der Waals surface area contributed by atoms with Crippen molar-refractivity contribution < 1.29 is 9.59 Å². The van der Waals surface area contributed by atoms with E-state index in [0.29, 0.717) is 29.0 Å². The number of halogens is 1. The third kappa shape index (κ3) is 4.74. The van der Waals surface area contributed by atoms with Gasteiger partial charge in [-0.05, 0) is 57.9 Å². The third-order valence-corrected chi connectivity index (χ3v) is 4.67. The Balaban J connectivity index is 1.70. The number of hydrogen-bond donors (Lipinski definition) is 3. The lowest BCUT2D eigenvalue weighted by atomic mass is 10.1. The highest BCUT2D eigenvalue weighted by Crippen LogP contribution is 2.20. The summed E-state index contributed by atoms with van der Waals surface area (Å²) in [6, 6.07) is 21.9. The van der Waals surface area contributed by atoms with E-state index < -0.39 is 5.91 Å². The predicted octanol–water partition coefficient (Wildman–Crippen LogP) is 4.41. The van der Waals surface area contributed by atoms with Crippen LogP contribution < -0.4 is 16.4 Å². The van der Waals surface area contributed by atoms with Crippen molar-refractivity contribution in [1.29, 1.82) is 0 Å². The van der Waals surface area contributed by atoms with Gasteiger partial charge in [0.1, 0.15) is 0 Å². The molecule has 5 nitrogen and oxygen atoms in total. The first-order chi connectivity index (χ1) is 13.0. The largest absolute Gasteiger partial charge is 0.380 e. The lowest BCUT2D eigenvalue weighted by Crippen LogP contribution is -2.14. The minimum atomic E-state index is -0.479. The molecule has 0 saturated heterocycles. The third-order valence-electron chi connectivity index (χ3n) is 3.98. The Kier molecular flexibility index (Phi) is 5.88. The fourth-order valence-corrected chi connectivity index (χ4v) is 3.12. The number of para-hydroxylation sites is 1. The van der Waals surface area contributed by atoms with Crippen LogP contribution in [0, 0.1) is 0 Å². The van der Waals surface area contributed by atoms with Gasteiger partial charge < -0.3 is 16.4 Å². The smallest absolute Gasteiger partial charge is 0.256 e. The number of amides is 2. The first-order valence-electron chi connectivity index (χ1n) is 8.32. The molecule has 3 aromatic rings. The minimum Gasteiger partial charge on any atom is -0.380 e. The molecule has 6 heteroatoms. The van der Waals surface area contributed by atoms with E-state index in [9.17, 15) is 9.59 Å². The molecular formula is C21H18BrN3O2. The molecule has 136 valence electrons. The molecule has 27 heavy (non-hydrogen) atoms.